The van der Waals surface area contributed by atoms with Crippen LogP contribution in [0.25, 0.3) is 10.9 Å². The number of nitrogens with one attached hydrogen (secondary N) is 1. The molecule has 1 aromatic carbocycles. The summed E-state index contributed by atoms with van der Waals surface area (Å²) in [6.45, 7) is 3.25. The van der Waals surface area contributed by atoms with E-state index in [-0.39, 0.29) is 11.7 Å². The van der Waals surface area contributed by atoms with Gasteiger partial charge in [0.05, 0.1) is 35.3 Å². The van der Waals surface area contributed by atoms with Gasteiger partial charge in [-0.2, -0.15) is 0 Å². The summed E-state index contributed by atoms with van der Waals surface area (Å²) in [5, 5.41) is 0.700. The van der Waals surface area contributed by atoms with E-state index in [1.54, 1.807) is 12.4 Å². The molecule has 2 aromatic heterocycles. The fraction of sp³-hybridized carbons (Fsp3) is 0.368. The van der Waals surface area contributed by atoms with E-state index in [1.165, 1.54) is 6.07 Å². The van der Waals surface area contributed by atoms with E-state index >= 15 is 0 Å². The lowest BCUT2D eigenvalue weighted by atomic mass is 10.0. The van der Waals surface area contributed by atoms with Gasteiger partial charge in [0, 0.05) is 31.1 Å². The topological polar surface area (TPSA) is 53.9 Å². The Bertz CT molecular complexity index is 956. The number of aromatic amines is 1. The molecule has 0 radical (unpaired) electrons. The van der Waals surface area contributed by atoms with Crippen LogP contribution in [0.2, 0.25) is 0 Å². The van der Waals surface area contributed by atoms with Crippen LogP contribution in [0, 0.1) is 5.82 Å². The first-order valence-electron chi connectivity index (χ1n) is 8.68. The first-order valence-corrected chi connectivity index (χ1v) is 8.68. The van der Waals surface area contributed by atoms with Gasteiger partial charge < -0.3 is 14.5 Å². The van der Waals surface area contributed by atoms with Crippen molar-refractivity contribution in [2.45, 2.75) is 32.7 Å². The van der Waals surface area contributed by atoms with Crippen LogP contribution in [0.15, 0.2) is 24.5 Å². The van der Waals surface area contributed by atoms with Crippen LogP contribution in [-0.2, 0) is 26.4 Å². The Morgan fingerprint density at radius 3 is 3.00 bits per heavy atom. The maximum Gasteiger partial charge on any atom is 0.256 e. The van der Waals surface area contributed by atoms with Crippen LogP contribution in [-0.4, -0.2) is 31.9 Å². The van der Waals surface area contributed by atoms with E-state index in [9.17, 15) is 9.18 Å². The van der Waals surface area contributed by atoms with Crippen LogP contribution in [0.3, 0.4) is 0 Å². The van der Waals surface area contributed by atoms with Crippen LogP contribution >= 0.6 is 0 Å². The van der Waals surface area contributed by atoms with Crippen molar-refractivity contribution in [1.82, 2.24) is 19.4 Å². The van der Waals surface area contributed by atoms with Gasteiger partial charge in [0.2, 0.25) is 0 Å². The molecule has 0 aliphatic carbocycles. The summed E-state index contributed by atoms with van der Waals surface area (Å²) in [5.74, 6) is -0.318. The number of halogens is 1. The molecule has 0 atom stereocenters. The molecule has 3 heterocycles. The second kappa shape index (κ2) is 6.02. The number of carbonyl (C=O) groups is 1. The van der Waals surface area contributed by atoms with Gasteiger partial charge in [-0.15, -0.1) is 0 Å². The second-order valence-corrected chi connectivity index (χ2v) is 6.57. The number of benzene rings is 1. The minimum atomic E-state index is -0.285. The smallest absolute Gasteiger partial charge is 0.256 e. The van der Waals surface area contributed by atoms with Crippen LogP contribution < -0.4 is 0 Å². The normalized spacial score (nSPS) is 14.4. The fourth-order valence-electron chi connectivity index (χ4n) is 3.83. The molecule has 0 saturated heterocycles. The first-order chi connectivity index (χ1) is 12.1. The highest BCUT2D eigenvalue weighted by Crippen LogP contribution is 2.32. The minimum Gasteiger partial charge on any atom is -0.347 e. The van der Waals surface area contributed by atoms with Crippen LogP contribution in [0.1, 0.15) is 40.8 Å². The number of hydrogen-bond donors (Lipinski definition) is 1. The number of aryl methyl sites for hydroxylation is 2. The number of amides is 1. The monoisotopic (exact) mass is 340 g/mol. The molecular weight excluding hydrogens is 319 g/mol. The van der Waals surface area contributed by atoms with Crippen molar-refractivity contribution < 1.29 is 9.18 Å². The molecule has 0 bridgehead atoms. The molecule has 4 rings (SSSR count). The van der Waals surface area contributed by atoms with E-state index in [1.807, 2.05) is 22.6 Å². The van der Waals surface area contributed by atoms with Gasteiger partial charge in [-0.25, -0.2) is 9.37 Å². The Hall–Kier alpha value is -2.63. The number of rotatable bonds is 4. The third-order valence-electron chi connectivity index (χ3n) is 5.05. The molecule has 130 valence electrons. The SMILES string of the molecule is CCCc1nc[nH]c1CN1CCc2c(c3cccc(F)c3n2C)C1=O. The van der Waals surface area contributed by atoms with E-state index in [2.05, 4.69) is 16.9 Å². The number of fused-ring (bicyclic) bond motifs is 3. The summed E-state index contributed by atoms with van der Waals surface area (Å²) in [7, 11) is 1.83. The lowest BCUT2D eigenvalue weighted by molar-refractivity contribution is 0.0725. The highest BCUT2D eigenvalue weighted by atomic mass is 19.1. The molecule has 1 aliphatic rings. The highest BCUT2D eigenvalue weighted by Gasteiger charge is 2.31. The van der Waals surface area contributed by atoms with Gasteiger partial charge in [-0.1, -0.05) is 25.5 Å². The van der Waals surface area contributed by atoms with Crippen molar-refractivity contribution in [2.24, 2.45) is 7.05 Å². The second-order valence-electron chi connectivity index (χ2n) is 6.57. The van der Waals surface area contributed by atoms with Crippen molar-refractivity contribution in [1.29, 1.82) is 0 Å². The Morgan fingerprint density at radius 2 is 2.20 bits per heavy atom. The van der Waals surface area contributed by atoms with Crippen LogP contribution in [0.5, 0.6) is 0 Å². The van der Waals surface area contributed by atoms with Gasteiger partial charge in [0.1, 0.15) is 5.82 Å². The van der Waals surface area contributed by atoms with Gasteiger partial charge in [-0.3, -0.25) is 4.79 Å². The van der Waals surface area contributed by atoms with E-state index in [0.29, 0.717) is 29.6 Å². The van der Waals surface area contributed by atoms with E-state index in [4.69, 9.17) is 0 Å². The average molecular weight is 340 g/mol. The molecule has 6 heteroatoms. The molecule has 0 unspecified atom stereocenters. The van der Waals surface area contributed by atoms with Gasteiger partial charge in [0.15, 0.2) is 0 Å². The number of nitrogens with zero attached hydrogens (tertiary/aromatic N) is 3. The fourth-order valence-corrected chi connectivity index (χ4v) is 3.83. The maximum atomic E-state index is 14.2. The molecule has 0 fully saturated rings. The van der Waals surface area contributed by atoms with Crippen molar-refractivity contribution in [3.8, 4) is 0 Å². The minimum absolute atomic E-state index is 0.0329. The molecule has 25 heavy (non-hydrogen) atoms. The predicted octanol–water partition coefficient (Wildman–Crippen LogP) is 3.19. The third kappa shape index (κ3) is 2.44. The molecule has 0 saturated carbocycles. The molecule has 3 aromatic rings. The zero-order valence-corrected chi connectivity index (χ0v) is 14.5. The summed E-state index contributed by atoms with van der Waals surface area (Å²) in [5.41, 5.74) is 4.07. The van der Waals surface area contributed by atoms with Crippen molar-refractivity contribution in [3.63, 3.8) is 0 Å². The number of hydrogen-bond acceptors (Lipinski definition) is 2. The van der Waals surface area contributed by atoms with E-state index < -0.39 is 0 Å². The Balaban J connectivity index is 1.72. The highest BCUT2D eigenvalue weighted by molar-refractivity contribution is 6.09. The van der Waals surface area contributed by atoms with Crippen molar-refractivity contribution in [2.75, 3.05) is 6.54 Å². The summed E-state index contributed by atoms with van der Waals surface area (Å²) in [6.07, 6.45) is 4.32. The molecular formula is C19H21FN4O. The summed E-state index contributed by atoms with van der Waals surface area (Å²) < 4.78 is 16.1. The first kappa shape index (κ1) is 15.9. The Morgan fingerprint density at radius 1 is 1.36 bits per heavy atom. The maximum absolute atomic E-state index is 14.2. The summed E-state index contributed by atoms with van der Waals surface area (Å²) in [6, 6.07) is 4.94. The molecule has 5 nitrogen and oxygen atoms in total. The lowest BCUT2D eigenvalue weighted by Crippen LogP contribution is -2.37. The molecule has 0 spiro atoms. The largest absolute Gasteiger partial charge is 0.347 e. The number of imidazole rings is 1. The lowest BCUT2D eigenvalue weighted by Gasteiger charge is -2.27. The molecule has 1 amide bonds. The van der Waals surface area contributed by atoms with Gasteiger partial charge in [0.25, 0.3) is 5.91 Å². The zero-order chi connectivity index (χ0) is 17.6. The number of H-pyrrole nitrogens is 1. The molecule has 1 aliphatic heterocycles. The Kier molecular flexibility index (Phi) is 3.82. The number of carbonyl (C=O) groups excluding carboxylic acids is 1. The summed E-state index contributed by atoms with van der Waals surface area (Å²) in [4.78, 5) is 22.5. The zero-order valence-electron chi connectivity index (χ0n) is 14.5. The average Bonchev–Trinajstić information content (AvgIpc) is 3.15. The van der Waals surface area contributed by atoms with Crippen LogP contribution in [0.4, 0.5) is 4.39 Å². The Labute approximate surface area is 145 Å². The van der Waals surface area contributed by atoms with Crippen molar-refractivity contribution >= 4 is 16.8 Å². The predicted molar refractivity (Wildman–Crippen MR) is 93.9 cm³/mol. The van der Waals surface area contributed by atoms with E-state index in [0.717, 1.165) is 36.3 Å². The quantitative estimate of drug-likeness (QED) is 0.793. The van der Waals surface area contributed by atoms with Gasteiger partial charge in [-0.05, 0) is 12.5 Å². The molecule has 1 N–H and O–H groups in total. The van der Waals surface area contributed by atoms with Crippen molar-refractivity contribution in [3.05, 3.63) is 53.0 Å². The summed E-state index contributed by atoms with van der Waals surface area (Å²) >= 11 is 0. The standard InChI is InChI=1S/C19H21FN4O/c1-3-5-14-15(22-11-21-14)10-24-9-8-16-17(19(24)25)12-6-4-7-13(20)18(12)23(16)2/h4,6-7,11H,3,5,8-10H2,1-2H3,(H,21,22). The third-order valence-corrected chi connectivity index (χ3v) is 5.05. The van der Waals surface area contributed by atoms with Gasteiger partial charge >= 0.3 is 0 Å². The number of para-hydroxylation sites is 1. The number of aromatic nitrogens is 3.